The molecule has 0 unspecified atom stereocenters. The number of aromatic nitrogens is 1. The molecule has 2 rings (SSSR count). The van der Waals surface area contributed by atoms with Gasteiger partial charge >= 0.3 is 0 Å². The zero-order valence-electron chi connectivity index (χ0n) is 14.1. The van der Waals surface area contributed by atoms with Crippen LogP contribution in [0.2, 0.25) is 0 Å². The molecule has 1 amide bonds. The van der Waals surface area contributed by atoms with Gasteiger partial charge in [-0.1, -0.05) is 25.9 Å². The third-order valence-corrected chi connectivity index (χ3v) is 5.78. The van der Waals surface area contributed by atoms with E-state index in [-0.39, 0.29) is 42.6 Å². The molecule has 0 aliphatic carbocycles. The SMILES string of the molecule is CC(C)(C)[C@H](N)C(=O)N1CCN(S(=O)(=O)Cc2ccon2)CC1.Cl. The molecule has 1 aromatic heterocycles. The number of nitrogens with two attached hydrogens (primary N) is 1. The van der Waals surface area contributed by atoms with Crippen molar-refractivity contribution < 1.29 is 17.7 Å². The maximum Gasteiger partial charge on any atom is 0.240 e. The van der Waals surface area contributed by atoms with Gasteiger partial charge in [-0.15, -0.1) is 12.4 Å². The van der Waals surface area contributed by atoms with Crippen LogP contribution in [0.15, 0.2) is 16.9 Å². The zero-order valence-corrected chi connectivity index (χ0v) is 15.8. The summed E-state index contributed by atoms with van der Waals surface area (Å²) in [6.45, 7) is 6.96. The second kappa shape index (κ2) is 7.81. The van der Waals surface area contributed by atoms with Crippen molar-refractivity contribution in [3.63, 3.8) is 0 Å². The minimum atomic E-state index is -3.46. The summed E-state index contributed by atoms with van der Waals surface area (Å²) in [4.78, 5) is 14.0. The second-order valence-corrected chi connectivity index (χ2v) is 8.78. The largest absolute Gasteiger partial charge is 0.364 e. The summed E-state index contributed by atoms with van der Waals surface area (Å²) in [5.41, 5.74) is 6.04. The molecule has 2 N–H and O–H groups in total. The van der Waals surface area contributed by atoms with E-state index in [1.807, 2.05) is 20.8 Å². The number of rotatable bonds is 4. The molecule has 8 nitrogen and oxygen atoms in total. The van der Waals surface area contributed by atoms with Gasteiger partial charge in [0.05, 0.1) is 11.7 Å². The van der Waals surface area contributed by atoms with Gasteiger partial charge in [0, 0.05) is 32.2 Å². The van der Waals surface area contributed by atoms with E-state index >= 15 is 0 Å². The average Bonchev–Trinajstić information content (AvgIpc) is 2.97. The molecule has 0 spiro atoms. The van der Waals surface area contributed by atoms with Crippen molar-refractivity contribution in [2.24, 2.45) is 11.1 Å². The van der Waals surface area contributed by atoms with Crippen LogP contribution in [-0.4, -0.2) is 60.9 Å². The number of hydrogen-bond acceptors (Lipinski definition) is 6. The highest BCUT2D eigenvalue weighted by atomic mass is 35.5. The lowest BCUT2D eigenvalue weighted by molar-refractivity contribution is -0.136. The third-order valence-electron chi connectivity index (χ3n) is 3.96. The Bertz CT molecular complexity index is 634. The standard InChI is InChI=1S/C14H24N4O4S.ClH/c1-14(2,3)12(15)13(19)17-5-7-18(8-6-17)23(20,21)10-11-4-9-22-16-11;/h4,9,12H,5-8,10,15H2,1-3H3;1H/t12-;/m1./s1. The summed E-state index contributed by atoms with van der Waals surface area (Å²) in [5, 5.41) is 3.63. The lowest BCUT2D eigenvalue weighted by atomic mass is 9.86. The normalized spacial score (nSPS) is 18.1. The molecule has 2 heterocycles. The van der Waals surface area contributed by atoms with Crippen molar-refractivity contribution in [3.8, 4) is 0 Å². The number of hydrogen-bond donors (Lipinski definition) is 1. The van der Waals surface area contributed by atoms with Gasteiger partial charge in [0.1, 0.15) is 12.0 Å². The summed E-state index contributed by atoms with van der Waals surface area (Å²) < 4.78 is 30.7. The number of halogens is 1. The first kappa shape index (κ1) is 20.9. The van der Waals surface area contributed by atoms with Crippen molar-refractivity contribution in [3.05, 3.63) is 18.0 Å². The average molecular weight is 381 g/mol. The summed E-state index contributed by atoms with van der Waals surface area (Å²) >= 11 is 0. The first-order chi connectivity index (χ1) is 10.6. The van der Waals surface area contributed by atoms with Crippen LogP contribution in [-0.2, 0) is 20.6 Å². The van der Waals surface area contributed by atoms with E-state index in [1.54, 1.807) is 4.90 Å². The zero-order chi connectivity index (χ0) is 17.3. The molecule has 24 heavy (non-hydrogen) atoms. The van der Waals surface area contributed by atoms with Crippen molar-refractivity contribution in [2.75, 3.05) is 26.2 Å². The van der Waals surface area contributed by atoms with Crippen LogP contribution in [0, 0.1) is 5.41 Å². The van der Waals surface area contributed by atoms with Gasteiger partial charge in [-0.25, -0.2) is 8.42 Å². The number of sulfonamides is 1. The Hall–Kier alpha value is -1.16. The van der Waals surface area contributed by atoms with E-state index in [1.165, 1.54) is 16.6 Å². The summed E-state index contributed by atoms with van der Waals surface area (Å²) in [6, 6.07) is 0.931. The first-order valence-corrected chi connectivity index (χ1v) is 9.13. The minimum Gasteiger partial charge on any atom is -0.364 e. The highest BCUT2D eigenvalue weighted by Gasteiger charge is 2.34. The molecule has 1 atom stereocenters. The van der Waals surface area contributed by atoms with Crippen molar-refractivity contribution in [1.29, 1.82) is 0 Å². The number of piperazine rings is 1. The predicted octanol–water partition coefficient (Wildman–Crippen LogP) is 0.444. The van der Waals surface area contributed by atoms with E-state index < -0.39 is 16.1 Å². The lowest BCUT2D eigenvalue weighted by Crippen LogP contribution is -2.57. The monoisotopic (exact) mass is 380 g/mol. The molecular formula is C14H25ClN4O4S. The number of nitrogens with zero attached hydrogens (tertiary/aromatic N) is 3. The van der Waals surface area contributed by atoms with Crippen LogP contribution < -0.4 is 5.73 Å². The molecule has 1 aliphatic rings. The quantitative estimate of drug-likeness (QED) is 0.811. The maximum atomic E-state index is 12.4. The molecule has 10 heteroatoms. The molecular weight excluding hydrogens is 356 g/mol. The molecule has 1 saturated heterocycles. The molecule has 1 aromatic rings. The van der Waals surface area contributed by atoms with Crippen LogP contribution in [0.3, 0.4) is 0 Å². The number of carbonyl (C=O) groups is 1. The van der Waals surface area contributed by atoms with Gasteiger partial charge in [-0.3, -0.25) is 4.79 Å². The van der Waals surface area contributed by atoms with E-state index in [2.05, 4.69) is 9.68 Å². The van der Waals surface area contributed by atoms with Crippen molar-refractivity contribution >= 4 is 28.3 Å². The van der Waals surface area contributed by atoms with Crippen molar-refractivity contribution in [1.82, 2.24) is 14.4 Å². The van der Waals surface area contributed by atoms with Gasteiger partial charge in [0.2, 0.25) is 15.9 Å². The molecule has 0 saturated carbocycles. The fraction of sp³-hybridized carbons (Fsp3) is 0.714. The Kier molecular flexibility index (Phi) is 6.80. The summed E-state index contributed by atoms with van der Waals surface area (Å²) in [5.74, 6) is -0.329. The van der Waals surface area contributed by atoms with E-state index in [0.717, 1.165) is 0 Å². The molecule has 0 radical (unpaired) electrons. The Labute approximate surface area is 148 Å². The van der Waals surface area contributed by atoms with Gasteiger partial charge in [0.15, 0.2) is 0 Å². The van der Waals surface area contributed by atoms with Crippen LogP contribution >= 0.6 is 12.4 Å². The molecule has 1 aliphatic heterocycles. The summed E-state index contributed by atoms with van der Waals surface area (Å²) in [7, 11) is -3.46. The third kappa shape index (κ3) is 4.92. The minimum absolute atomic E-state index is 0. The van der Waals surface area contributed by atoms with Crippen LogP contribution in [0.5, 0.6) is 0 Å². The molecule has 1 fully saturated rings. The number of amides is 1. The Morgan fingerprint density at radius 1 is 1.33 bits per heavy atom. The van der Waals surface area contributed by atoms with Gasteiger partial charge in [-0.05, 0) is 5.41 Å². The van der Waals surface area contributed by atoms with Crippen LogP contribution in [0.4, 0.5) is 0 Å². The highest BCUT2D eigenvalue weighted by molar-refractivity contribution is 7.88. The fourth-order valence-electron chi connectivity index (χ4n) is 2.34. The van der Waals surface area contributed by atoms with E-state index in [9.17, 15) is 13.2 Å². The van der Waals surface area contributed by atoms with E-state index in [0.29, 0.717) is 18.8 Å². The molecule has 0 aromatic carbocycles. The summed E-state index contributed by atoms with van der Waals surface area (Å²) in [6.07, 6.45) is 1.34. The first-order valence-electron chi connectivity index (χ1n) is 7.53. The van der Waals surface area contributed by atoms with Gasteiger partial charge < -0.3 is 15.2 Å². The topological polar surface area (TPSA) is 110 Å². The van der Waals surface area contributed by atoms with Crippen LogP contribution in [0.1, 0.15) is 26.5 Å². The van der Waals surface area contributed by atoms with E-state index in [4.69, 9.17) is 5.73 Å². The predicted molar refractivity (Wildman–Crippen MR) is 92.0 cm³/mol. The Morgan fingerprint density at radius 3 is 2.38 bits per heavy atom. The molecule has 0 bridgehead atoms. The van der Waals surface area contributed by atoms with Gasteiger partial charge in [0.25, 0.3) is 0 Å². The maximum absolute atomic E-state index is 12.4. The van der Waals surface area contributed by atoms with Gasteiger partial charge in [-0.2, -0.15) is 4.31 Å². The Balaban J connectivity index is 0.00000288. The fourth-order valence-corrected chi connectivity index (χ4v) is 3.77. The lowest BCUT2D eigenvalue weighted by Gasteiger charge is -2.37. The smallest absolute Gasteiger partial charge is 0.240 e. The number of carbonyl (C=O) groups excluding carboxylic acids is 1. The highest BCUT2D eigenvalue weighted by Crippen LogP contribution is 2.20. The second-order valence-electron chi connectivity index (χ2n) is 6.82. The van der Waals surface area contributed by atoms with Crippen LogP contribution in [0.25, 0.3) is 0 Å². The van der Waals surface area contributed by atoms with Crippen molar-refractivity contribution in [2.45, 2.75) is 32.6 Å². The molecule has 138 valence electrons. The Morgan fingerprint density at radius 2 is 1.92 bits per heavy atom.